The summed E-state index contributed by atoms with van der Waals surface area (Å²) < 4.78 is 5.32. The first-order valence-electron chi connectivity index (χ1n) is 9.24. The van der Waals surface area contributed by atoms with E-state index in [2.05, 4.69) is 33.3 Å². The highest BCUT2D eigenvalue weighted by Crippen LogP contribution is 2.21. The zero-order valence-electron chi connectivity index (χ0n) is 15.8. The molecule has 1 saturated heterocycles. The fraction of sp³-hybridized carbons (Fsp3) is 0.611. The summed E-state index contributed by atoms with van der Waals surface area (Å²) in [5.74, 6) is 2.17. The van der Waals surface area contributed by atoms with Crippen molar-refractivity contribution < 1.29 is 0 Å². The monoisotopic (exact) mass is 358 g/mol. The number of nitrogens with one attached hydrogen (secondary N) is 1. The molecule has 8 nitrogen and oxygen atoms in total. The molecule has 0 amide bonds. The van der Waals surface area contributed by atoms with Crippen LogP contribution in [0, 0.1) is 18.8 Å². The van der Waals surface area contributed by atoms with Gasteiger partial charge in [0.15, 0.2) is 11.2 Å². The molecule has 1 fully saturated rings. The van der Waals surface area contributed by atoms with E-state index in [9.17, 15) is 9.59 Å². The second kappa shape index (κ2) is 6.12. The fourth-order valence-corrected chi connectivity index (χ4v) is 4.41. The van der Waals surface area contributed by atoms with Crippen molar-refractivity contribution in [1.29, 1.82) is 0 Å². The van der Waals surface area contributed by atoms with E-state index in [0.717, 1.165) is 43.7 Å². The maximum atomic E-state index is 12.3. The predicted octanol–water partition coefficient (Wildman–Crippen LogP) is 0.962. The average Bonchev–Trinajstić information content (AvgIpc) is 3.05. The van der Waals surface area contributed by atoms with Crippen LogP contribution in [0.2, 0.25) is 0 Å². The Labute approximate surface area is 151 Å². The van der Waals surface area contributed by atoms with E-state index in [1.54, 1.807) is 11.4 Å². The van der Waals surface area contributed by atoms with Gasteiger partial charge in [-0.15, -0.1) is 0 Å². The van der Waals surface area contributed by atoms with E-state index in [1.807, 2.05) is 13.1 Å². The van der Waals surface area contributed by atoms with E-state index in [-0.39, 0.29) is 0 Å². The predicted molar refractivity (Wildman–Crippen MR) is 101 cm³/mol. The van der Waals surface area contributed by atoms with Crippen LogP contribution in [0.25, 0.3) is 16.9 Å². The Morgan fingerprint density at radius 1 is 1.19 bits per heavy atom. The molecule has 1 aliphatic rings. The lowest BCUT2D eigenvalue weighted by Gasteiger charge is -2.35. The minimum atomic E-state index is -0.442. The number of hydrogen-bond acceptors (Lipinski definition) is 4. The van der Waals surface area contributed by atoms with Gasteiger partial charge in [-0.25, -0.2) is 4.79 Å². The molecule has 3 aromatic rings. The van der Waals surface area contributed by atoms with Crippen LogP contribution in [-0.4, -0.2) is 48.0 Å². The van der Waals surface area contributed by atoms with Gasteiger partial charge in [-0.05, 0) is 25.2 Å². The van der Waals surface area contributed by atoms with E-state index in [4.69, 9.17) is 0 Å². The lowest BCUT2D eigenvalue weighted by molar-refractivity contribution is 0.137. The summed E-state index contributed by atoms with van der Waals surface area (Å²) in [4.78, 5) is 33.6. The van der Waals surface area contributed by atoms with Gasteiger partial charge in [0, 0.05) is 45.1 Å². The Balaban J connectivity index is 1.71. The summed E-state index contributed by atoms with van der Waals surface area (Å²) in [6, 6.07) is 0. The highest BCUT2D eigenvalue weighted by atomic mass is 16.2. The average molecular weight is 358 g/mol. The van der Waals surface area contributed by atoms with Gasteiger partial charge in [0.05, 0.1) is 0 Å². The minimum Gasteiger partial charge on any atom is -0.313 e. The quantitative estimate of drug-likeness (QED) is 0.756. The van der Waals surface area contributed by atoms with E-state index in [1.165, 1.54) is 11.0 Å². The van der Waals surface area contributed by atoms with Crippen molar-refractivity contribution in [1.82, 2.24) is 28.4 Å². The Morgan fingerprint density at radius 2 is 1.88 bits per heavy atom. The minimum absolute atomic E-state index is 0.397. The summed E-state index contributed by atoms with van der Waals surface area (Å²) in [6.45, 7) is 10.7. The Kier molecular flexibility index (Phi) is 4.02. The van der Waals surface area contributed by atoms with Crippen molar-refractivity contribution in [2.24, 2.45) is 18.9 Å². The topological polar surface area (TPSA) is 80.3 Å². The van der Waals surface area contributed by atoms with Crippen LogP contribution in [-0.2, 0) is 13.6 Å². The molecular weight excluding hydrogens is 332 g/mol. The van der Waals surface area contributed by atoms with Crippen LogP contribution in [0.1, 0.15) is 26.0 Å². The molecule has 26 heavy (non-hydrogen) atoms. The van der Waals surface area contributed by atoms with Gasteiger partial charge in [0.25, 0.3) is 5.56 Å². The van der Waals surface area contributed by atoms with Gasteiger partial charge in [-0.3, -0.25) is 18.7 Å². The van der Waals surface area contributed by atoms with Crippen molar-refractivity contribution >= 4 is 16.9 Å². The van der Waals surface area contributed by atoms with Gasteiger partial charge >= 0.3 is 5.69 Å². The summed E-state index contributed by atoms with van der Waals surface area (Å²) in [6.07, 6.45) is 3.22. The fourth-order valence-electron chi connectivity index (χ4n) is 4.41. The maximum absolute atomic E-state index is 12.3. The molecule has 0 radical (unpaired) electrons. The molecule has 2 atom stereocenters. The van der Waals surface area contributed by atoms with Crippen LogP contribution < -0.4 is 11.2 Å². The number of aromatic nitrogens is 5. The van der Waals surface area contributed by atoms with Crippen LogP contribution >= 0.6 is 0 Å². The van der Waals surface area contributed by atoms with Gasteiger partial charge in [-0.2, -0.15) is 4.98 Å². The van der Waals surface area contributed by atoms with Crippen molar-refractivity contribution in [2.75, 3.05) is 19.6 Å². The number of likely N-dealkylation sites (tertiary alicyclic amines) is 1. The number of fused-ring (bicyclic) bond motifs is 3. The zero-order valence-corrected chi connectivity index (χ0v) is 15.8. The van der Waals surface area contributed by atoms with Gasteiger partial charge in [0.2, 0.25) is 5.78 Å². The number of imidazole rings is 2. The molecule has 4 rings (SSSR count). The van der Waals surface area contributed by atoms with Gasteiger partial charge in [-0.1, -0.05) is 13.8 Å². The number of H-pyrrole nitrogens is 1. The van der Waals surface area contributed by atoms with Crippen LogP contribution in [0.15, 0.2) is 15.8 Å². The lowest BCUT2D eigenvalue weighted by Crippen LogP contribution is -2.40. The van der Waals surface area contributed by atoms with Crippen LogP contribution in [0.4, 0.5) is 0 Å². The van der Waals surface area contributed by atoms with E-state index in [0.29, 0.717) is 16.9 Å². The van der Waals surface area contributed by atoms with E-state index >= 15 is 0 Å². The molecule has 1 N–H and O–H groups in total. The highest BCUT2D eigenvalue weighted by molar-refractivity contribution is 5.75. The number of rotatable bonds is 3. The second-order valence-corrected chi connectivity index (χ2v) is 7.90. The number of nitrogens with zero attached hydrogens (tertiary/aromatic N) is 5. The van der Waals surface area contributed by atoms with Gasteiger partial charge < -0.3 is 9.47 Å². The summed E-state index contributed by atoms with van der Waals surface area (Å²) in [7, 11) is 1.63. The molecule has 8 heteroatoms. The number of aryl methyl sites for hydroxylation is 2. The normalized spacial score (nSPS) is 21.8. The number of hydrogen-bond donors (Lipinski definition) is 1. The van der Waals surface area contributed by atoms with Gasteiger partial charge in [0.1, 0.15) is 0 Å². The SMILES string of the molecule is Cc1cn2c3c(=O)[nH]c(=O)n(C)c3nc2n1CCN1C[C@@H](C)C[C@H](C)C1. The molecular formula is C18H26N6O2. The van der Waals surface area contributed by atoms with Crippen molar-refractivity contribution in [3.8, 4) is 0 Å². The number of aromatic amines is 1. The van der Waals surface area contributed by atoms with Crippen molar-refractivity contribution in [3.63, 3.8) is 0 Å². The molecule has 0 unspecified atom stereocenters. The Hall–Kier alpha value is -2.35. The highest BCUT2D eigenvalue weighted by Gasteiger charge is 2.22. The summed E-state index contributed by atoms with van der Waals surface area (Å²) >= 11 is 0. The van der Waals surface area contributed by atoms with Crippen molar-refractivity contribution in [3.05, 3.63) is 32.7 Å². The summed E-state index contributed by atoms with van der Waals surface area (Å²) in [5.41, 5.74) is 1.06. The molecule has 0 saturated carbocycles. The number of piperidine rings is 1. The molecule has 4 heterocycles. The molecule has 3 aromatic heterocycles. The largest absolute Gasteiger partial charge is 0.329 e. The Morgan fingerprint density at radius 3 is 2.58 bits per heavy atom. The third-order valence-electron chi connectivity index (χ3n) is 5.50. The van der Waals surface area contributed by atoms with Crippen LogP contribution in [0.5, 0.6) is 0 Å². The zero-order chi connectivity index (χ0) is 18.6. The summed E-state index contributed by atoms with van der Waals surface area (Å²) in [5, 5.41) is 0. The smallest absolute Gasteiger partial charge is 0.313 e. The lowest BCUT2D eigenvalue weighted by atomic mass is 9.92. The first-order valence-corrected chi connectivity index (χ1v) is 9.24. The molecule has 1 aliphatic heterocycles. The third-order valence-corrected chi connectivity index (χ3v) is 5.50. The first-order chi connectivity index (χ1) is 12.3. The first kappa shape index (κ1) is 17.1. The maximum Gasteiger partial charge on any atom is 0.329 e. The second-order valence-electron chi connectivity index (χ2n) is 7.90. The van der Waals surface area contributed by atoms with Crippen LogP contribution in [0.3, 0.4) is 0 Å². The van der Waals surface area contributed by atoms with E-state index < -0.39 is 11.2 Å². The Bertz CT molecular complexity index is 1080. The molecule has 140 valence electrons. The molecule has 0 aromatic carbocycles. The molecule has 0 spiro atoms. The molecule has 0 bridgehead atoms. The van der Waals surface area contributed by atoms with Crippen molar-refractivity contribution in [2.45, 2.75) is 33.7 Å². The third kappa shape index (κ3) is 2.68. The molecule has 0 aliphatic carbocycles. The standard InChI is InChI=1S/C18H26N6O2/c1-11-7-12(2)9-22(8-11)5-6-23-13(3)10-24-14-15(19-17(23)24)21(4)18(26)20-16(14)25/h10-12H,5-9H2,1-4H3,(H,20,25,26)/t11-,12-/m0/s1.